The van der Waals surface area contributed by atoms with Crippen LogP contribution >= 0.6 is 0 Å². The van der Waals surface area contributed by atoms with Gasteiger partial charge >= 0.3 is 6.09 Å². The number of hydrogen-bond donors (Lipinski definition) is 3. The Kier molecular flexibility index (Phi) is 13.5. The molecule has 0 fully saturated rings. The van der Waals surface area contributed by atoms with Crippen molar-refractivity contribution in [3.05, 3.63) is 29.8 Å². The van der Waals surface area contributed by atoms with Gasteiger partial charge in [-0.2, -0.15) is 0 Å². The monoisotopic (exact) mass is 519 g/mol. The van der Waals surface area contributed by atoms with Crippen molar-refractivity contribution in [1.82, 2.24) is 15.5 Å². The zero-order chi connectivity index (χ0) is 28.2. The predicted molar refractivity (Wildman–Crippen MR) is 147 cm³/mol. The maximum Gasteiger partial charge on any atom is 0.408 e. The van der Waals surface area contributed by atoms with Crippen LogP contribution in [-0.2, 0) is 14.3 Å². The van der Waals surface area contributed by atoms with Gasteiger partial charge in [-0.05, 0) is 64.7 Å². The van der Waals surface area contributed by atoms with E-state index in [9.17, 15) is 19.5 Å². The summed E-state index contributed by atoms with van der Waals surface area (Å²) in [4.78, 5) is 41.7. The van der Waals surface area contributed by atoms with Crippen molar-refractivity contribution in [3.8, 4) is 5.75 Å². The third kappa shape index (κ3) is 11.9. The third-order valence-corrected chi connectivity index (χ3v) is 5.82. The number of alkyl carbamates (subject to hydrolysis) is 1. The largest absolute Gasteiger partial charge is 0.508 e. The number of rotatable bonds is 14. The zero-order valence-electron chi connectivity index (χ0n) is 24.1. The highest BCUT2D eigenvalue weighted by Gasteiger charge is 2.37. The van der Waals surface area contributed by atoms with Crippen molar-refractivity contribution in [2.45, 2.75) is 118 Å². The van der Waals surface area contributed by atoms with Gasteiger partial charge in [0.25, 0.3) is 0 Å². The zero-order valence-corrected chi connectivity index (χ0v) is 24.1. The molecule has 2 atom stereocenters. The fraction of sp³-hybridized carbons (Fsp3) is 0.690. The van der Waals surface area contributed by atoms with Gasteiger partial charge in [-0.3, -0.25) is 9.59 Å². The molecule has 0 spiro atoms. The molecule has 1 aromatic rings. The summed E-state index contributed by atoms with van der Waals surface area (Å²) >= 11 is 0. The minimum Gasteiger partial charge on any atom is -0.508 e. The van der Waals surface area contributed by atoms with Crippen molar-refractivity contribution < 1.29 is 24.2 Å². The van der Waals surface area contributed by atoms with Crippen molar-refractivity contribution in [3.63, 3.8) is 0 Å². The molecule has 0 saturated heterocycles. The van der Waals surface area contributed by atoms with Gasteiger partial charge in [0.15, 0.2) is 0 Å². The van der Waals surface area contributed by atoms with E-state index in [1.165, 1.54) is 18.6 Å². The molecule has 2 unspecified atom stereocenters. The van der Waals surface area contributed by atoms with Gasteiger partial charge in [0.2, 0.25) is 11.8 Å². The first-order valence-corrected chi connectivity index (χ1v) is 13.7. The Balaban J connectivity index is 3.38. The maximum atomic E-state index is 14.1. The molecule has 3 amide bonds. The second-order valence-corrected chi connectivity index (χ2v) is 11.3. The minimum absolute atomic E-state index is 0.0131. The normalized spacial score (nSPS) is 13.2. The Labute approximate surface area is 223 Å². The number of ether oxygens (including phenoxy) is 1. The van der Waals surface area contributed by atoms with Crippen LogP contribution in [0.4, 0.5) is 4.79 Å². The number of unbranched alkanes of at least 4 members (excludes halogenated alkanes) is 5. The fourth-order valence-electron chi connectivity index (χ4n) is 4.09. The predicted octanol–water partition coefficient (Wildman–Crippen LogP) is 5.70. The number of hydrogen-bond acceptors (Lipinski definition) is 5. The van der Waals surface area contributed by atoms with E-state index in [0.29, 0.717) is 12.1 Å². The number of carbonyl (C=O) groups is 3. The quantitative estimate of drug-likeness (QED) is 0.273. The number of carbonyl (C=O) groups excluding carboxylic acids is 3. The van der Waals surface area contributed by atoms with Crippen molar-refractivity contribution in [1.29, 1.82) is 0 Å². The maximum absolute atomic E-state index is 14.1. The van der Waals surface area contributed by atoms with E-state index in [4.69, 9.17) is 4.74 Å². The Hall–Kier alpha value is -2.77. The van der Waals surface area contributed by atoms with E-state index in [1.807, 2.05) is 27.7 Å². The first-order valence-electron chi connectivity index (χ1n) is 13.7. The molecule has 210 valence electrons. The van der Waals surface area contributed by atoms with Crippen LogP contribution < -0.4 is 10.6 Å². The average molecular weight is 520 g/mol. The lowest BCUT2D eigenvalue weighted by Gasteiger charge is -2.36. The lowest BCUT2D eigenvalue weighted by atomic mass is 9.98. The van der Waals surface area contributed by atoms with Crippen molar-refractivity contribution in [2.75, 3.05) is 6.54 Å². The molecule has 0 aliphatic rings. The number of phenolic OH excluding ortho intramolecular Hbond substituents is 1. The van der Waals surface area contributed by atoms with Crippen LogP contribution in [0.15, 0.2) is 24.3 Å². The second-order valence-electron chi connectivity index (χ2n) is 11.3. The summed E-state index contributed by atoms with van der Waals surface area (Å²) in [6.45, 7) is 15.2. The molecule has 1 rings (SSSR count). The molecular formula is C29H49N3O5. The molecule has 0 heterocycles. The molecule has 8 heteroatoms. The summed E-state index contributed by atoms with van der Waals surface area (Å²) in [5, 5.41) is 15.8. The molecule has 1 aromatic carbocycles. The first-order chi connectivity index (χ1) is 17.3. The van der Waals surface area contributed by atoms with Gasteiger partial charge in [0.1, 0.15) is 23.4 Å². The summed E-state index contributed by atoms with van der Waals surface area (Å²) in [5.74, 6) is -0.925. The lowest BCUT2D eigenvalue weighted by Crippen LogP contribution is -2.55. The highest BCUT2D eigenvalue weighted by molar-refractivity contribution is 5.92. The van der Waals surface area contributed by atoms with E-state index in [2.05, 4.69) is 17.6 Å². The van der Waals surface area contributed by atoms with Gasteiger partial charge in [-0.15, -0.1) is 0 Å². The summed E-state index contributed by atoms with van der Waals surface area (Å²) in [5.41, 5.74) is -0.203. The standard InChI is InChI=1S/C29H49N3O5/c1-9-10-11-12-13-14-18-32(27(35)24(20(2)3)31-28(36)37-29(6,7)8)25(26(34)30-21(4)5)22-16-15-17-23(33)19-22/h15-17,19-21,24-25,33H,9-14,18H2,1-8H3,(H,30,34)(H,31,36). The van der Waals surface area contributed by atoms with E-state index >= 15 is 0 Å². The van der Waals surface area contributed by atoms with Gasteiger partial charge in [0.05, 0.1) is 0 Å². The molecule has 0 aliphatic carbocycles. The SMILES string of the molecule is CCCCCCCCN(C(=O)C(NC(=O)OC(C)(C)C)C(C)C)C(C(=O)NC(C)C)c1cccc(O)c1. The highest BCUT2D eigenvalue weighted by atomic mass is 16.6. The number of nitrogens with one attached hydrogen (secondary N) is 2. The summed E-state index contributed by atoms with van der Waals surface area (Å²) in [7, 11) is 0. The fourth-order valence-corrected chi connectivity index (χ4v) is 4.09. The minimum atomic E-state index is -0.959. The van der Waals surface area contributed by atoms with Gasteiger partial charge < -0.3 is 25.4 Å². The number of benzene rings is 1. The summed E-state index contributed by atoms with van der Waals surface area (Å²) in [6.07, 6.45) is 5.45. The van der Waals surface area contributed by atoms with E-state index in [-0.39, 0.29) is 29.5 Å². The number of nitrogens with zero attached hydrogens (tertiary/aromatic N) is 1. The van der Waals surface area contributed by atoms with Crippen LogP contribution in [-0.4, -0.2) is 52.1 Å². The van der Waals surface area contributed by atoms with Crippen LogP contribution in [0.2, 0.25) is 0 Å². The van der Waals surface area contributed by atoms with Gasteiger partial charge in [-0.25, -0.2) is 4.79 Å². The van der Waals surface area contributed by atoms with Crippen LogP contribution in [0, 0.1) is 5.92 Å². The molecule has 0 aliphatic heterocycles. The Morgan fingerprint density at radius 1 is 0.973 bits per heavy atom. The van der Waals surface area contributed by atoms with Crippen molar-refractivity contribution in [2.24, 2.45) is 5.92 Å². The summed E-state index contributed by atoms with van der Waals surface area (Å²) in [6, 6.07) is 4.45. The Morgan fingerprint density at radius 2 is 1.59 bits per heavy atom. The van der Waals surface area contributed by atoms with E-state index in [0.717, 1.165) is 32.1 Å². The average Bonchev–Trinajstić information content (AvgIpc) is 2.76. The number of amides is 3. The highest BCUT2D eigenvalue weighted by Crippen LogP contribution is 2.27. The second kappa shape index (κ2) is 15.5. The van der Waals surface area contributed by atoms with Crippen molar-refractivity contribution >= 4 is 17.9 Å². The molecule has 8 nitrogen and oxygen atoms in total. The Bertz CT molecular complexity index is 863. The topological polar surface area (TPSA) is 108 Å². The molecule has 0 bridgehead atoms. The molecule has 3 N–H and O–H groups in total. The Morgan fingerprint density at radius 3 is 2.14 bits per heavy atom. The molecule has 0 saturated carbocycles. The first kappa shape index (κ1) is 32.3. The van der Waals surface area contributed by atoms with E-state index < -0.39 is 23.8 Å². The molecule has 37 heavy (non-hydrogen) atoms. The smallest absolute Gasteiger partial charge is 0.408 e. The van der Waals surface area contributed by atoms with Crippen LogP contribution in [0.3, 0.4) is 0 Å². The summed E-state index contributed by atoms with van der Waals surface area (Å²) < 4.78 is 5.41. The van der Waals surface area contributed by atoms with Gasteiger partial charge in [0, 0.05) is 12.6 Å². The van der Waals surface area contributed by atoms with Crippen LogP contribution in [0.5, 0.6) is 5.75 Å². The number of phenols is 1. The van der Waals surface area contributed by atoms with Crippen LogP contribution in [0.25, 0.3) is 0 Å². The lowest BCUT2D eigenvalue weighted by molar-refractivity contribution is -0.143. The third-order valence-electron chi connectivity index (χ3n) is 5.82. The van der Waals surface area contributed by atoms with E-state index in [1.54, 1.807) is 37.8 Å². The van der Waals surface area contributed by atoms with Gasteiger partial charge in [-0.1, -0.05) is 65.0 Å². The molecule has 0 aromatic heterocycles. The molecule has 0 radical (unpaired) electrons. The van der Waals surface area contributed by atoms with Crippen LogP contribution in [0.1, 0.15) is 106 Å². The number of aromatic hydroxyl groups is 1. The molecular weight excluding hydrogens is 470 g/mol.